The van der Waals surface area contributed by atoms with Crippen LogP contribution >= 0.6 is 11.6 Å². The van der Waals surface area contributed by atoms with Gasteiger partial charge in [0.1, 0.15) is 5.58 Å². The first-order valence-electron chi connectivity index (χ1n) is 9.72. The predicted molar refractivity (Wildman–Crippen MR) is 123 cm³/mol. The number of carbonyl (C=O) groups excluding carboxylic acids is 1. The number of nitrogens with one attached hydrogen (secondary N) is 1. The fourth-order valence-corrected chi connectivity index (χ4v) is 3.77. The second kappa shape index (κ2) is 8.32. The summed E-state index contributed by atoms with van der Waals surface area (Å²) in [7, 11) is 0. The fraction of sp³-hybridized carbons (Fsp3) is 0.130. The van der Waals surface area contributed by atoms with Crippen LogP contribution in [-0.2, 0) is 0 Å². The van der Waals surface area contributed by atoms with Crippen molar-refractivity contribution in [3.05, 3.63) is 91.9 Å². The molecule has 2 aromatic heterocycles. The summed E-state index contributed by atoms with van der Waals surface area (Å²) in [6, 6.07) is 13.3. The zero-order valence-electron chi connectivity index (χ0n) is 17.5. The molecular weight excluding hydrogens is 432 g/mol. The van der Waals surface area contributed by atoms with Crippen LogP contribution in [0.3, 0.4) is 0 Å². The second-order valence-corrected chi connectivity index (χ2v) is 7.74. The van der Waals surface area contributed by atoms with E-state index in [1.165, 1.54) is 24.3 Å². The van der Waals surface area contributed by atoms with Crippen molar-refractivity contribution in [1.82, 2.24) is 9.99 Å². The Labute approximate surface area is 188 Å². The Bertz CT molecular complexity index is 1400. The van der Waals surface area contributed by atoms with Crippen LogP contribution in [0.4, 0.5) is 5.69 Å². The van der Waals surface area contributed by atoms with Crippen molar-refractivity contribution in [2.24, 2.45) is 5.10 Å². The molecule has 0 bridgehead atoms. The van der Waals surface area contributed by atoms with Crippen molar-refractivity contribution in [1.29, 1.82) is 0 Å². The van der Waals surface area contributed by atoms with E-state index in [9.17, 15) is 14.9 Å². The van der Waals surface area contributed by atoms with E-state index < -0.39 is 10.8 Å². The number of hydrogen-bond donors (Lipinski definition) is 1. The normalized spacial score (nSPS) is 11.4. The van der Waals surface area contributed by atoms with Crippen molar-refractivity contribution in [3.8, 4) is 5.69 Å². The highest BCUT2D eigenvalue weighted by atomic mass is 35.5. The van der Waals surface area contributed by atoms with Gasteiger partial charge in [-0.3, -0.25) is 14.9 Å². The molecule has 4 aromatic rings. The van der Waals surface area contributed by atoms with Crippen LogP contribution in [0, 0.1) is 30.9 Å². The lowest BCUT2D eigenvalue weighted by Crippen LogP contribution is -2.16. The van der Waals surface area contributed by atoms with E-state index in [0.717, 1.165) is 28.2 Å². The smallest absolute Gasteiger partial charge is 0.307 e. The van der Waals surface area contributed by atoms with Crippen molar-refractivity contribution in [3.63, 3.8) is 0 Å². The van der Waals surface area contributed by atoms with Crippen molar-refractivity contribution >= 4 is 40.4 Å². The van der Waals surface area contributed by atoms with Gasteiger partial charge in [-0.15, -0.1) is 0 Å². The molecule has 1 amide bonds. The van der Waals surface area contributed by atoms with E-state index in [4.69, 9.17) is 16.0 Å². The molecule has 0 saturated carbocycles. The maximum Gasteiger partial charge on any atom is 0.307 e. The topological polar surface area (TPSA) is 103 Å². The fourth-order valence-electron chi connectivity index (χ4n) is 3.60. The zero-order valence-corrected chi connectivity index (χ0v) is 18.3. The van der Waals surface area contributed by atoms with Crippen LogP contribution in [0.25, 0.3) is 16.7 Å². The van der Waals surface area contributed by atoms with E-state index in [0.29, 0.717) is 16.0 Å². The minimum absolute atomic E-state index is 0.0117. The molecule has 0 aliphatic rings. The van der Waals surface area contributed by atoms with E-state index >= 15 is 0 Å². The Morgan fingerprint density at radius 1 is 1.19 bits per heavy atom. The number of furan rings is 1. The number of nitrogens with zero attached hydrogens (tertiary/aromatic N) is 3. The highest BCUT2D eigenvalue weighted by molar-refractivity contribution is 6.31. The molecule has 0 atom stereocenters. The summed E-state index contributed by atoms with van der Waals surface area (Å²) >= 11 is 6.28. The maximum atomic E-state index is 12.4. The molecular formula is C23H19ClN4O4. The summed E-state index contributed by atoms with van der Waals surface area (Å²) in [5, 5.41) is 16.1. The zero-order chi connectivity index (χ0) is 23.0. The first kappa shape index (κ1) is 21.3. The van der Waals surface area contributed by atoms with E-state index in [1.807, 2.05) is 45.0 Å². The molecule has 0 radical (unpaired) electrons. The Morgan fingerprint density at radius 3 is 2.72 bits per heavy atom. The van der Waals surface area contributed by atoms with E-state index in [2.05, 4.69) is 15.1 Å². The van der Waals surface area contributed by atoms with Crippen molar-refractivity contribution in [2.75, 3.05) is 0 Å². The molecule has 0 aliphatic heterocycles. The van der Waals surface area contributed by atoms with Gasteiger partial charge < -0.3 is 8.98 Å². The quantitative estimate of drug-likeness (QED) is 0.247. The Balaban J connectivity index is 1.54. The average Bonchev–Trinajstić information content (AvgIpc) is 3.30. The predicted octanol–water partition coefficient (Wildman–Crippen LogP) is 5.47. The number of hydrazone groups is 1. The second-order valence-electron chi connectivity index (χ2n) is 7.33. The molecule has 0 aliphatic carbocycles. The summed E-state index contributed by atoms with van der Waals surface area (Å²) in [4.78, 5) is 22.8. The lowest BCUT2D eigenvalue weighted by molar-refractivity contribution is -0.384. The number of aryl methyl sites for hydroxylation is 1. The van der Waals surface area contributed by atoms with Gasteiger partial charge in [0, 0.05) is 45.2 Å². The Kier molecular flexibility index (Phi) is 5.54. The van der Waals surface area contributed by atoms with Gasteiger partial charge in [-0.2, -0.15) is 5.10 Å². The third-order valence-corrected chi connectivity index (χ3v) is 5.66. The molecule has 0 spiro atoms. The molecule has 0 unspecified atom stereocenters. The van der Waals surface area contributed by atoms with Crippen LogP contribution in [0.5, 0.6) is 0 Å². The minimum Gasteiger partial charge on any atom is -0.451 e. The number of amides is 1. The summed E-state index contributed by atoms with van der Waals surface area (Å²) < 4.78 is 7.55. The Hall–Kier alpha value is -3.91. The van der Waals surface area contributed by atoms with Crippen molar-refractivity contribution < 1.29 is 14.1 Å². The van der Waals surface area contributed by atoms with Gasteiger partial charge in [0.25, 0.3) is 5.69 Å². The van der Waals surface area contributed by atoms with Crippen molar-refractivity contribution in [2.45, 2.75) is 20.8 Å². The standard InChI is InChI=1S/C23H19ClN4O4/c1-13-9-17(15(3)27(13)20-6-4-5-19(24)14(20)2)12-25-26-23(29)22-11-16-10-18(28(30)31)7-8-21(16)32-22/h4-12H,1-3H3,(H,26,29)/b25-12-. The SMILES string of the molecule is Cc1c(Cl)cccc1-n1c(C)cc(/C=N\NC(=O)c2cc3cc([N+](=O)[O-])ccc3o2)c1C. The number of benzene rings is 2. The third kappa shape index (κ3) is 3.88. The number of halogens is 1. The molecule has 4 rings (SSSR count). The number of hydrogen-bond acceptors (Lipinski definition) is 5. The van der Waals surface area contributed by atoms with Crippen LogP contribution in [-0.4, -0.2) is 21.6 Å². The largest absolute Gasteiger partial charge is 0.451 e. The highest BCUT2D eigenvalue weighted by Crippen LogP contribution is 2.27. The number of non-ortho nitro benzene ring substituents is 1. The molecule has 162 valence electrons. The highest BCUT2D eigenvalue weighted by Gasteiger charge is 2.15. The lowest BCUT2D eigenvalue weighted by Gasteiger charge is -2.13. The number of aromatic nitrogens is 1. The van der Waals surface area contributed by atoms with Crippen LogP contribution in [0.2, 0.25) is 5.02 Å². The number of carbonyl (C=O) groups is 1. The molecule has 2 aromatic carbocycles. The third-order valence-electron chi connectivity index (χ3n) is 5.25. The number of nitro benzene ring substituents is 1. The van der Waals surface area contributed by atoms with E-state index in [1.54, 1.807) is 6.21 Å². The van der Waals surface area contributed by atoms with Gasteiger partial charge in [0.15, 0.2) is 5.76 Å². The van der Waals surface area contributed by atoms with Gasteiger partial charge in [-0.05, 0) is 56.7 Å². The van der Waals surface area contributed by atoms with E-state index in [-0.39, 0.29) is 11.4 Å². The van der Waals surface area contributed by atoms with Gasteiger partial charge in [-0.25, -0.2) is 5.43 Å². The minimum atomic E-state index is -0.556. The average molecular weight is 451 g/mol. The molecule has 8 nitrogen and oxygen atoms in total. The Morgan fingerprint density at radius 2 is 1.97 bits per heavy atom. The summed E-state index contributed by atoms with van der Waals surface area (Å²) in [5.41, 5.74) is 7.47. The molecule has 0 fully saturated rings. The number of rotatable bonds is 5. The van der Waals surface area contributed by atoms with Gasteiger partial charge in [0.2, 0.25) is 0 Å². The summed E-state index contributed by atoms with van der Waals surface area (Å²) in [5.74, 6) is -0.544. The van der Waals surface area contributed by atoms with Crippen LogP contribution < -0.4 is 5.43 Å². The summed E-state index contributed by atoms with van der Waals surface area (Å²) in [6.07, 6.45) is 1.56. The molecule has 0 saturated heterocycles. The maximum absolute atomic E-state index is 12.4. The molecule has 1 N–H and O–H groups in total. The van der Waals surface area contributed by atoms with Gasteiger partial charge >= 0.3 is 5.91 Å². The molecule has 9 heteroatoms. The lowest BCUT2D eigenvalue weighted by atomic mass is 10.2. The van der Waals surface area contributed by atoms with Gasteiger partial charge in [-0.1, -0.05) is 17.7 Å². The number of nitro groups is 1. The summed E-state index contributed by atoms with van der Waals surface area (Å²) in [6.45, 7) is 5.91. The number of fused-ring (bicyclic) bond motifs is 1. The molecule has 32 heavy (non-hydrogen) atoms. The van der Waals surface area contributed by atoms with Crippen LogP contribution in [0.15, 0.2) is 58.0 Å². The van der Waals surface area contributed by atoms with Crippen LogP contribution in [0.1, 0.15) is 33.1 Å². The monoisotopic (exact) mass is 450 g/mol. The first-order chi connectivity index (χ1) is 15.3. The first-order valence-corrected chi connectivity index (χ1v) is 10.1. The van der Waals surface area contributed by atoms with Gasteiger partial charge in [0.05, 0.1) is 11.1 Å². The molecule has 2 heterocycles.